The van der Waals surface area contributed by atoms with Gasteiger partial charge in [-0.2, -0.15) is 0 Å². The molecule has 0 aromatic heterocycles. The van der Waals surface area contributed by atoms with Crippen molar-refractivity contribution in [3.8, 4) is 0 Å². The minimum atomic E-state index is -0.631. The van der Waals surface area contributed by atoms with Crippen molar-refractivity contribution < 1.29 is 14.7 Å². The maximum atomic E-state index is 13.8. The summed E-state index contributed by atoms with van der Waals surface area (Å²) >= 11 is 6.16. The molecule has 0 saturated carbocycles. The molecule has 182 valence electrons. The highest BCUT2D eigenvalue weighted by molar-refractivity contribution is 6.30. The van der Waals surface area contributed by atoms with Crippen molar-refractivity contribution >= 4 is 23.4 Å². The number of benzene rings is 3. The number of carbonyl (C=O) groups is 2. The van der Waals surface area contributed by atoms with E-state index in [4.69, 9.17) is 11.6 Å². The lowest BCUT2D eigenvalue weighted by Crippen LogP contribution is -2.54. The van der Waals surface area contributed by atoms with E-state index in [1.165, 1.54) is 0 Å². The summed E-state index contributed by atoms with van der Waals surface area (Å²) in [4.78, 5) is 29.3. The van der Waals surface area contributed by atoms with Crippen molar-refractivity contribution in [3.05, 3.63) is 106 Å². The number of aliphatic hydroxyl groups excluding tert-OH is 1. The number of nitrogens with zero attached hydrogens (tertiary/aromatic N) is 1. The summed E-state index contributed by atoms with van der Waals surface area (Å²) < 4.78 is 0. The molecule has 0 saturated heterocycles. The first-order chi connectivity index (χ1) is 16.9. The molecule has 0 aliphatic carbocycles. The maximum absolute atomic E-state index is 13.8. The summed E-state index contributed by atoms with van der Waals surface area (Å²) in [6.07, 6.45) is 0.709. The van der Waals surface area contributed by atoms with Crippen LogP contribution in [0.25, 0.3) is 0 Å². The Morgan fingerprint density at radius 3 is 2.31 bits per heavy atom. The van der Waals surface area contributed by atoms with Crippen LogP contribution in [0.15, 0.2) is 78.9 Å². The molecule has 0 bridgehead atoms. The van der Waals surface area contributed by atoms with E-state index in [1.807, 2.05) is 74.5 Å². The van der Waals surface area contributed by atoms with Gasteiger partial charge in [0.15, 0.2) is 0 Å². The summed E-state index contributed by atoms with van der Waals surface area (Å²) in [5.74, 6) is -0.965. The number of amides is 2. The van der Waals surface area contributed by atoms with Gasteiger partial charge in [0.2, 0.25) is 5.91 Å². The van der Waals surface area contributed by atoms with Gasteiger partial charge in [0.05, 0.1) is 24.6 Å². The maximum Gasteiger partial charge on any atom is 0.255 e. The fourth-order valence-corrected chi connectivity index (χ4v) is 5.04. The Kier molecular flexibility index (Phi) is 7.89. The molecule has 2 amide bonds. The Bertz CT molecular complexity index is 1160. The number of hydrogen-bond acceptors (Lipinski definition) is 3. The van der Waals surface area contributed by atoms with Gasteiger partial charge in [-0.25, -0.2) is 0 Å². The zero-order chi connectivity index (χ0) is 24.9. The van der Waals surface area contributed by atoms with E-state index in [9.17, 15) is 14.7 Å². The Hall–Kier alpha value is -3.15. The molecule has 1 aliphatic heterocycles. The van der Waals surface area contributed by atoms with Crippen molar-refractivity contribution in [2.24, 2.45) is 5.92 Å². The predicted molar refractivity (Wildman–Crippen MR) is 138 cm³/mol. The lowest BCUT2D eigenvalue weighted by atomic mass is 9.77. The van der Waals surface area contributed by atoms with E-state index in [1.54, 1.807) is 23.1 Å². The van der Waals surface area contributed by atoms with Crippen molar-refractivity contribution in [1.82, 2.24) is 10.2 Å². The lowest BCUT2D eigenvalue weighted by molar-refractivity contribution is -0.124. The van der Waals surface area contributed by atoms with Crippen LogP contribution < -0.4 is 5.32 Å². The van der Waals surface area contributed by atoms with Gasteiger partial charge in [-0.05, 0) is 47.2 Å². The van der Waals surface area contributed by atoms with Crippen molar-refractivity contribution in [2.75, 3.05) is 13.2 Å². The third-order valence-electron chi connectivity index (χ3n) is 6.74. The van der Waals surface area contributed by atoms with Crippen LogP contribution in [0.2, 0.25) is 5.02 Å². The van der Waals surface area contributed by atoms with Crippen molar-refractivity contribution in [3.63, 3.8) is 0 Å². The van der Waals surface area contributed by atoms with Gasteiger partial charge in [-0.15, -0.1) is 0 Å². The van der Waals surface area contributed by atoms with Crippen molar-refractivity contribution in [2.45, 2.75) is 38.3 Å². The molecule has 2 N–H and O–H groups in total. The number of aliphatic hydroxyl groups is 1. The minimum absolute atomic E-state index is 0.00851. The topological polar surface area (TPSA) is 69.6 Å². The number of halogens is 1. The average Bonchev–Trinajstić information content (AvgIpc) is 2.86. The number of rotatable bonds is 8. The fraction of sp³-hybridized carbons (Fsp3) is 0.310. The normalized spacial score (nSPS) is 18.3. The molecule has 4 rings (SSSR count). The zero-order valence-corrected chi connectivity index (χ0v) is 20.8. The molecule has 1 aliphatic rings. The van der Waals surface area contributed by atoms with Crippen LogP contribution in [-0.4, -0.2) is 41.0 Å². The number of fused-ring (bicyclic) bond motifs is 1. The second kappa shape index (κ2) is 11.1. The summed E-state index contributed by atoms with van der Waals surface area (Å²) in [5.41, 5.74) is 3.15. The van der Waals surface area contributed by atoms with E-state index in [2.05, 4.69) is 5.32 Å². The number of nitrogens with one attached hydrogen (secondary N) is 1. The molecule has 35 heavy (non-hydrogen) atoms. The van der Waals surface area contributed by atoms with Crippen LogP contribution in [0.5, 0.6) is 0 Å². The van der Waals surface area contributed by atoms with Crippen LogP contribution in [0, 0.1) is 5.92 Å². The quantitative estimate of drug-likeness (QED) is 0.467. The average molecular weight is 491 g/mol. The molecule has 0 spiro atoms. The minimum Gasteiger partial charge on any atom is -0.394 e. The van der Waals surface area contributed by atoms with Gasteiger partial charge < -0.3 is 15.3 Å². The fourth-order valence-electron chi connectivity index (χ4n) is 4.92. The highest BCUT2D eigenvalue weighted by Crippen LogP contribution is 2.44. The third-order valence-corrected chi connectivity index (χ3v) is 6.99. The number of carbonyl (C=O) groups excluding carboxylic acids is 2. The molecule has 0 fully saturated rings. The monoisotopic (exact) mass is 490 g/mol. The Balaban J connectivity index is 1.76. The SMILES string of the molecule is CC(C)[C@@H](CO)N1C(=O)c2ccccc2[C@H](C(=O)NCCc2ccccc2)[C@H]1c1ccc(Cl)cc1. The van der Waals surface area contributed by atoms with E-state index < -0.39 is 18.0 Å². The first-order valence-corrected chi connectivity index (χ1v) is 12.4. The first-order valence-electron chi connectivity index (χ1n) is 12.0. The van der Waals surface area contributed by atoms with E-state index >= 15 is 0 Å². The van der Waals surface area contributed by atoms with Crippen LogP contribution >= 0.6 is 11.6 Å². The highest BCUT2D eigenvalue weighted by atomic mass is 35.5. The third kappa shape index (κ3) is 5.26. The van der Waals surface area contributed by atoms with E-state index in [0.717, 1.165) is 11.1 Å². The van der Waals surface area contributed by atoms with Gasteiger partial charge in [-0.1, -0.05) is 86.1 Å². The van der Waals surface area contributed by atoms with Gasteiger partial charge in [0, 0.05) is 17.1 Å². The Morgan fingerprint density at radius 1 is 1.00 bits per heavy atom. The molecular weight excluding hydrogens is 460 g/mol. The zero-order valence-electron chi connectivity index (χ0n) is 20.0. The van der Waals surface area contributed by atoms with Crippen LogP contribution in [0.3, 0.4) is 0 Å². The predicted octanol–water partition coefficient (Wildman–Crippen LogP) is 5.00. The van der Waals surface area contributed by atoms with Gasteiger partial charge in [0.25, 0.3) is 5.91 Å². The summed E-state index contributed by atoms with van der Waals surface area (Å²) in [6.45, 7) is 4.24. The molecule has 3 atom stereocenters. The standard InChI is InChI=1S/C29H31ClN2O3/c1-19(2)25(18-33)32-27(21-12-14-22(30)15-13-21)26(23-10-6-7-11-24(23)29(32)35)28(34)31-17-16-20-8-4-3-5-9-20/h3-15,19,25-27,33H,16-18H2,1-2H3,(H,31,34)/t25-,26+,27-/m1/s1. The summed E-state index contributed by atoms with van der Waals surface area (Å²) in [5, 5.41) is 14.0. The molecule has 3 aromatic carbocycles. The van der Waals surface area contributed by atoms with Crippen molar-refractivity contribution in [1.29, 1.82) is 0 Å². The smallest absolute Gasteiger partial charge is 0.255 e. The number of hydrogen-bond donors (Lipinski definition) is 2. The molecular formula is C29H31ClN2O3. The molecule has 3 aromatic rings. The van der Waals surface area contributed by atoms with Crippen LogP contribution in [-0.2, 0) is 11.2 Å². The molecule has 6 heteroatoms. The van der Waals surface area contributed by atoms with Crippen LogP contribution in [0.1, 0.15) is 52.9 Å². The van der Waals surface area contributed by atoms with E-state index in [-0.39, 0.29) is 24.3 Å². The molecule has 0 radical (unpaired) electrons. The van der Waals surface area contributed by atoms with Gasteiger partial charge in [-0.3, -0.25) is 9.59 Å². The largest absolute Gasteiger partial charge is 0.394 e. The lowest BCUT2D eigenvalue weighted by Gasteiger charge is -2.46. The molecule has 5 nitrogen and oxygen atoms in total. The second-order valence-electron chi connectivity index (χ2n) is 9.29. The Labute approximate surface area is 211 Å². The summed E-state index contributed by atoms with van der Waals surface area (Å²) in [6, 6.07) is 23.5. The second-order valence-corrected chi connectivity index (χ2v) is 9.73. The van der Waals surface area contributed by atoms with Crippen LogP contribution in [0.4, 0.5) is 0 Å². The molecule has 0 unspecified atom stereocenters. The van der Waals surface area contributed by atoms with Gasteiger partial charge in [0.1, 0.15) is 0 Å². The first kappa shape index (κ1) is 25.0. The Morgan fingerprint density at radius 2 is 1.66 bits per heavy atom. The van der Waals surface area contributed by atoms with Gasteiger partial charge >= 0.3 is 0 Å². The summed E-state index contributed by atoms with van der Waals surface area (Å²) in [7, 11) is 0. The van der Waals surface area contributed by atoms with E-state index in [0.29, 0.717) is 29.1 Å². The highest BCUT2D eigenvalue weighted by Gasteiger charge is 2.46. The molecule has 1 heterocycles.